The highest BCUT2D eigenvalue weighted by molar-refractivity contribution is 5.98. The average molecular weight is 232 g/mol. The van der Waals surface area contributed by atoms with Crippen molar-refractivity contribution in [1.82, 2.24) is 9.55 Å². The molecule has 0 spiro atoms. The predicted octanol–water partition coefficient (Wildman–Crippen LogP) is 2.83. The maximum Gasteiger partial charge on any atom is 0.164 e. The monoisotopic (exact) mass is 232 g/mol. The van der Waals surface area contributed by atoms with Crippen molar-refractivity contribution in [1.29, 1.82) is 0 Å². The van der Waals surface area contributed by atoms with Gasteiger partial charge in [-0.05, 0) is 32.9 Å². The van der Waals surface area contributed by atoms with Crippen LogP contribution in [0.5, 0.6) is 0 Å². The summed E-state index contributed by atoms with van der Waals surface area (Å²) in [7, 11) is 0. The average Bonchev–Trinajstić information content (AvgIpc) is 2.59. The Morgan fingerprint density at radius 3 is 2.59 bits per heavy atom. The van der Waals surface area contributed by atoms with Crippen molar-refractivity contribution in [2.24, 2.45) is 0 Å². The van der Waals surface area contributed by atoms with Gasteiger partial charge in [-0.25, -0.2) is 9.37 Å². The van der Waals surface area contributed by atoms with Crippen molar-refractivity contribution in [3.63, 3.8) is 0 Å². The van der Waals surface area contributed by atoms with E-state index in [2.05, 4.69) is 4.98 Å². The Bertz CT molecular complexity index is 587. The van der Waals surface area contributed by atoms with Crippen molar-refractivity contribution in [3.05, 3.63) is 47.3 Å². The van der Waals surface area contributed by atoms with E-state index in [9.17, 15) is 9.18 Å². The molecule has 88 valence electrons. The van der Waals surface area contributed by atoms with Gasteiger partial charge < -0.3 is 4.57 Å². The van der Waals surface area contributed by atoms with Crippen LogP contribution in [-0.2, 0) is 0 Å². The Morgan fingerprint density at radius 2 is 2.06 bits per heavy atom. The lowest BCUT2D eigenvalue weighted by atomic mass is 10.1. The SMILES string of the molecule is CC(=O)c1c(F)cccc1-n1cnc(C)c1C. The first kappa shape index (κ1) is 11.5. The molecule has 2 rings (SSSR count). The summed E-state index contributed by atoms with van der Waals surface area (Å²) in [5.41, 5.74) is 2.41. The normalized spacial score (nSPS) is 10.6. The third kappa shape index (κ3) is 1.86. The van der Waals surface area contributed by atoms with Crippen LogP contribution in [0.25, 0.3) is 5.69 Å². The fourth-order valence-corrected chi connectivity index (χ4v) is 1.80. The molecular formula is C13H13FN2O. The summed E-state index contributed by atoms with van der Waals surface area (Å²) in [6.45, 7) is 5.12. The highest BCUT2D eigenvalue weighted by atomic mass is 19.1. The number of carbonyl (C=O) groups excluding carboxylic acids is 1. The van der Waals surface area contributed by atoms with Gasteiger partial charge in [0, 0.05) is 5.69 Å². The van der Waals surface area contributed by atoms with E-state index in [0.29, 0.717) is 5.69 Å². The highest BCUT2D eigenvalue weighted by Crippen LogP contribution is 2.21. The first-order valence-electron chi connectivity index (χ1n) is 5.32. The van der Waals surface area contributed by atoms with E-state index in [4.69, 9.17) is 0 Å². The summed E-state index contributed by atoms with van der Waals surface area (Å²) in [5.74, 6) is -0.787. The van der Waals surface area contributed by atoms with Gasteiger partial charge in [-0.2, -0.15) is 0 Å². The number of imidazole rings is 1. The minimum atomic E-state index is -0.499. The smallest absolute Gasteiger partial charge is 0.164 e. The molecule has 0 unspecified atom stereocenters. The molecule has 0 fully saturated rings. The Balaban J connectivity index is 2.72. The Morgan fingerprint density at radius 1 is 1.35 bits per heavy atom. The van der Waals surface area contributed by atoms with Crippen LogP contribution in [0, 0.1) is 19.7 Å². The molecule has 1 aromatic carbocycles. The van der Waals surface area contributed by atoms with Gasteiger partial charge in [0.25, 0.3) is 0 Å². The van der Waals surface area contributed by atoms with Crippen LogP contribution < -0.4 is 0 Å². The Hall–Kier alpha value is -1.97. The fourth-order valence-electron chi connectivity index (χ4n) is 1.80. The second-order valence-electron chi connectivity index (χ2n) is 3.98. The lowest BCUT2D eigenvalue weighted by molar-refractivity contribution is 0.101. The molecule has 0 aliphatic heterocycles. The minimum Gasteiger partial charge on any atom is -0.302 e. The lowest BCUT2D eigenvalue weighted by Crippen LogP contribution is -2.06. The molecule has 0 amide bonds. The Labute approximate surface area is 98.9 Å². The molecule has 0 saturated carbocycles. The van der Waals surface area contributed by atoms with Crippen LogP contribution in [-0.4, -0.2) is 15.3 Å². The number of hydrogen-bond acceptors (Lipinski definition) is 2. The van der Waals surface area contributed by atoms with Crippen molar-refractivity contribution in [2.45, 2.75) is 20.8 Å². The van der Waals surface area contributed by atoms with Gasteiger partial charge in [-0.3, -0.25) is 4.79 Å². The third-order valence-corrected chi connectivity index (χ3v) is 2.86. The molecule has 17 heavy (non-hydrogen) atoms. The van der Waals surface area contributed by atoms with E-state index in [1.54, 1.807) is 23.0 Å². The second-order valence-corrected chi connectivity index (χ2v) is 3.98. The van der Waals surface area contributed by atoms with Gasteiger partial charge in [0.15, 0.2) is 5.78 Å². The van der Waals surface area contributed by atoms with Crippen LogP contribution in [0.1, 0.15) is 28.7 Å². The molecule has 0 atom stereocenters. The van der Waals surface area contributed by atoms with Gasteiger partial charge in [0.2, 0.25) is 0 Å². The van der Waals surface area contributed by atoms with E-state index >= 15 is 0 Å². The van der Waals surface area contributed by atoms with E-state index < -0.39 is 5.82 Å². The van der Waals surface area contributed by atoms with Crippen molar-refractivity contribution in [2.75, 3.05) is 0 Å². The maximum atomic E-state index is 13.7. The molecule has 0 aliphatic rings. The predicted molar refractivity (Wildman–Crippen MR) is 63.0 cm³/mol. The van der Waals surface area contributed by atoms with Crippen LogP contribution in [0.4, 0.5) is 4.39 Å². The molecule has 0 bridgehead atoms. The molecule has 0 aliphatic carbocycles. The summed E-state index contributed by atoms with van der Waals surface area (Å²) >= 11 is 0. The zero-order valence-electron chi connectivity index (χ0n) is 9.99. The van der Waals surface area contributed by atoms with Crippen LogP contribution in [0.3, 0.4) is 0 Å². The molecule has 0 radical (unpaired) electrons. The van der Waals surface area contributed by atoms with E-state index in [0.717, 1.165) is 11.4 Å². The number of hydrogen-bond donors (Lipinski definition) is 0. The molecule has 1 heterocycles. The van der Waals surface area contributed by atoms with Crippen molar-refractivity contribution in [3.8, 4) is 5.69 Å². The Kier molecular flexibility index (Phi) is 2.79. The lowest BCUT2D eigenvalue weighted by Gasteiger charge is -2.10. The van der Waals surface area contributed by atoms with Gasteiger partial charge in [0.05, 0.1) is 23.3 Å². The number of carbonyl (C=O) groups is 1. The largest absolute Gasteiger partial charge is 0.302 e. The standard InChI is InChI=1S/C13H13FN2O/c1-8-9(2)16(7-15-8)12-6-4-5-11(14)13(12)10(3)17/h4-7H,1-3H3. The van der Waals surface area contributed by atoms with E-state index in [1.807, 2.05) is 13.8 Å². The van der Waals surface area contributed by atoms with Crippen molar-refractivity contribution < 1.29 is 9.18 Å². The molecule has 1 aromatic heterocycles. The topological polar surface area (TPSA) is 34.9 Å². The van der Waals surface area contributed by atoms with Crippen LogP contribution >= 0.6 is 0 Å². The molecule has 0 saturated heterocycles. The molecular weight excluding hydrogens is 219 g/mol. The molecule has 3 nitrogen and oxygen atoms in total. The summed E-state index contributed by atoms with van der Waals surface area (Å²) in [4.78, 5) is 15.7. The number of nitrogens with zero attached hydrogens (tertiary/aromatic N) is 2. The maximum absolute atomic E-state index is 13.7. The quantitative estimate of drug-likeness (QED) is 0.746. The zero-order chi connectivity index (χ0) is 12.6. The number of benzene rings is 1. The second kappa shape index (κ2) is 4.13. The number of Topliss-reactive ketones (excluding diaryl/α,β-unsaturated/α-hetero) is 1. The summed E-state index contributed by atoms with van der Waals surface area (Å²) in [5, 5.41) is 0. The number of ketones is 1. The summed E-state index contributed by atoms with van der Waals surface area (Å²) in [6, 6.07) is 4.60. The number of rotatable bonds is 2. The van der Waals surface area contributed by atoms with Gasteiger partial charge in [-0.15, -0.1) is 0 Å². The van der Waals surface area contributed by atoms with Crippen LogP contribution in [0.15, 0.2) is 24.5 Å². The summed E-state index contributed by atoms with van der Waals surface area (Å²) < 4.78 is 15.4. The molecule has 0 N–H and O–H groups in total. The number of aromatic nitrogens is 2. The van der Waals surface area contributed by atoms with Crippen molar-refractivity contribution >= 4 is 5.78 Å². The fraction of sp³-hybridized carbons (Fsp3) is 0.231. The molecule has 4 heteroatoms. The van der Waals surface area contributed by atoms with Gasteiger partial charge in [0.1, 0.15) is 5.82 Å². The minimum absolute atomic E-state index is 0.105. The number of aryl methyl sites for hydroxylation is 1. The van der Waals surface area contributed by atoms with Crippen LogP contribution in [0.2, 0.25) is 0 Å². The third-order valence-electron chi connectivity index (χ3n) is 2.86. The van der Waals surface area contributed by atoms with E-state index in [-0.39, 0.29) is 11.3 Å². The highest BCUT2D eigenvalue weighted by Gasteiger charge is 2.15. The van der Waals surface area contributed by atoms with Gasteiger partial charge in [-0.1, -0.05) is 6.07 Å². The molecule has 2 aromatic rings. The zero-order valence-corrected chi connectivity index (χ0v) is 9.99. The van der Waals surface area contributed by atoms with E-state index in [1.165, 1.54) is 13.0 Å². The first-order valence-corrected chi connectivity index (χ1v) is 5.32. The first-order chi connectivity index (χ1) is 8.02. The summed E-state index contributed by atoms with van der Waals surface area (Å²) in [6.07, 6.45) is 1.60. The number of halogens is 1. The van der Waals surface area contributed by atoms with Gasteiger partial charge >= 0.3 is 0 Å².